The van der Waals surface area contributed by atoms with Gasteiger partial charge in [-0.05, 0) is 84.3 Å². The van der Waals surface area contributed by atoms with E-state index in [0.717, 1.165) is 26.7 Å². The van der Waals surface area contributed by atoms with E-state index in [9.17, 15) is 13.2 Å². The summed E-state index contributed by atoms with van der Waals surface area (Å²) < 4.78 is 29.2. The van der Waals surface area contributed by atoms with Gasteiger partial charge in [-0.15, -0.1) is 11.3 Å². The Morgan fingerprint density at radius 3 is 2.17 bits per heavy atom. The summed E-state index contributed by atoms with van der Waals surface area (Å²) in [7, 11) is 0.108. The highest BCUT2D eigenvalue weighted by molar-refractivity contribution is 7.92. The van der Waals surface area contributed by atoms with E-state index < -0.39 is 16.0 Å². The van der Waals surface area contributed by atoms with Crippen molar-refractivity contribution in [2.24, 2.45) is 10.2 Å². The molecule has 0 unspecified atom stereocenters. The lowest BCUT2D eigenvalue weighted by Gasteiger charge is -2.11. The third kappa shape index (κ3) is 6.11. The van der Waals surface area contributed by atoms with Crippen LogP contribution in [0.1, 0.15) is 4.88 Å². The normalized spacial score (nSPS) is 11.9. The molecule has 0 saturated carbocycles. The molecule has 3 aromatic carbocycles. The standard InChI is InChI=1S/C25H22N4O4S2/c1-29(2)21-8-3-18(4-9-21)26-27-19-5-11-23(12-6-19)35(32,33)28-20-7-13-24-17(15-20)16-22(34-24)10-14-25(30)31/h3-16,28H,1-2H3,(H,30,31)/b14-10+,27-26+. The minimum Gasteiger partial charge on any atom is -0.478 e. The maximum Gasteiger partial charge on any atom is 0.328 e. The average molecular weight is 507 g/mol. The number of azo groups is 1. The lowest BCUT2D eigenvalue weighted by Crippen LogP contribution is -2.12. The lowest BCUT2D eigenvalue weighted by molar-refractivity contribution is -0.131. The first-order valence-electron chi connectivity index (χ1n) is 10.5. The van der Waals surface area contributed by atoms with Gasteiger partial charge in [0.15, 0.2) is 0 Å². The average Bonchev–Trinajstić information content (AvgIpc) is 3.24. The van der Waals surface area contributed by atoms with Gasteiger partial charge in [0.2, 0.25) is 0 Å². The smallest absolute Gasteiger partial charge is 0.328 e. The van der Waals surface area contributed by atoms with Gasteiger partial charge in [0.25, 0.3) is 10.0 Å². The Balaban J connectivity index is 1.46. The summed E-state index contributed by atoms with van der Waals surface area (Å²) in [5.74, 6) is -1.03. The van der Waals surface area contributed by atoms with E-state index in [1.165, 1.54) is 29.5 Å². The molecule has 0 bridgehead atoms. The van der Waals surface area contributed by atoms with Crippen LogP contribution in [0.4, 0.5) is 22.7 Å². The Morgan fingerprint density at radius 2 is 1.57 bits per heavy atom. The highest BCUT2D eigenvalue weighted by atomic mass is 32.2. The van der Waals surface area contributed by atoms with Crippen LogP contribution in [0.25, 0.3) is 16.2 Å². The Bertz CT molecular complexity index is 1520. The number of hydrogen-bond donors (Lipinski definition) is 2. The van der Waals surface area contributed by atoms with Crippen molar-refractivity contribution in [2.45, 2.75) is 4.90 Å². The van der Waals surface area contributed by atoms with E-state index in [2.05, 4.69) is 15.0 Å². The van der Waals surface area contributed by atoms with E-state index in [4.69, 9.17) is 5.11 Å². The van der Waals surface area contributed by atoms with Crippen molar-refractivity contribution in [3.8, 4) is 0 Å². The van der Waals surface area contributed by atoms with Gasteiger partial charge in [-0.25, -0.2) is 13.2 Å². The second-order valence-electron chi connectivity index (χ2n) is 7.78. The summed E-state index contributed by atoms with van der Waals surface area (Å²) in [6.45, 7) is 0. The van der Waals surface area contributed by atoms with Gasteiger partial charge >= 0.3 is 5.97 Å². The fourth-order valence-corrected chi connectivity index (χ4v) is 5.20. The number of benzene rings is 3. The van der Waals surface area contributed by atoms with E-state index >= 15 is 0 Å². The van der Waals surface area contributed by atoms with Gasteiger partial charge in [0.05, 0.1) is 16.3 Å². The SMILES string of the molecule is CN(C)c1ccc(/N=N/c2ccc(S(=O)(=O)Nc3ccc4sc(/C=C/C(=O)O)cc4c3)cc2)cc1. The van der Waals surface area contributed by atoms with Crippen LogP contribution in [-0.4, -0.2) is 33.6 Å². The number of carboxylic acids is 1. The summed E-state index contributed by atoms with van der Waals surface area (Å²) in [6.07, 6.45) is 2.58. The van der Waals surface area contributed by atoms with E-state index in [0.29, 0.717) is 17.1 Å². The monoisotopic (exact) mass is 506 g/mol. The van der Waals surface area contributed by atoms with Crippen LogP contribution in [0, 0.1) is 0 Å². The molecule has 8 nitrogen and oxygen atoms in total. The van der Waals surface area contributed by atoms with Crippen LogP contribution in [0.3, 0.4) is 0 Å². The van der Waals surface area contributed by atoms with E-state index in [1.54, 1.807) is 30.3 Å². The van der Waals surface area contributed by atoms with Crippen LogP contribution in [-0.2, 0) is 14.8 Å². The maximum atomic E-state index is 12.9. The number of anilines is 2. The minimum atomic E-state index is -3.81. The van der Waals surface area contributed by atoms with Crippen LogP contribution in [0.2, 0.25) is 0 Å². The van der Waals surface area contributed by atoms with Crippen molar-refractivity contribution in [1.82, 2.24) is 0 Å². The van der Waals surface area contributed by atoms with Crippen molar-refractivity contribution in [3.05, 3.63) is 83.7 Å². The predicted molar refractivity (Wildman–Crippen MR) is 141 cm³/mol. The largest absolute Gasteiger partial charge is 0.478 e. The number of rotatable bonds is 8. The van der Waals surface area contributed by atoms with Crippen molar-refractivity contribution in [1.29, 1.82) is 0 Å². The minimum absolute atomic E-state index is 0.0993. The number of sulfonamides is 1. The van der Waals surface area contributed by atoms with Crippen molar-refractivity contribution < 1.29 is 18.3 Å². The third-order valence-electron chi connectivity index (χ3n) is 4.97. The van der Waals surface area contributed by atoms with Crippen molar-refractivity contribution >= 4 is 66.2 Å². The molecule has 178 valence electrons. The van der Waals surface area contributed by atoms with Gasteiger partial charge in [0.1, 0.15) is 0 Å². The molecule has 0 fully saturated rings. The number of carbonyl (C=O) groups is 1. The number of carboxylic acid groups (broad SMARTS) is 1. The molecule has 0 aliphatic rings. The molecule has 0 atom stereocenters. The van der Waals surface area contributed by atoms with E-state index in [-0.39, 0.29) is 4.90 Å². The quantitative estimate of drug-likeness (QED) is 0.216. The molecule has 2 N–H and O–H groups in total. The Morgan fingerprint density at radius 1 is 0.943 bits per heavy atom. The van der Waals surface area contributed by atoms with Crippen LogP contribution >= 0.6 is 11.3 Å². The molecule has 0 radical (unpaired) electrons. The molecule has 0 aliphatic carbocycles. The Kier molecular flexibility index (Phi) is 6.94. The first-order chi connectivity index (χ1) is 16.7. The number of fused-ring (bicyclic) bond motifs is 1. The molecular weight excluding hydrogens is 484 g/mol. The van der Waals surface area contributed by atoms with Crippen LogP contribution < -0.4 is 9.62 Å². The van der Waals surface area contributed by atoms with Gasteiger partial charge in [-0.2, -0.15) is 10.2 Å². The predicted octanol–water partition coefficient (Wildman–Crippen LogP) is 6.28. The number of aliphatic carboxylic acids is 1. The molecule has 4 aromatic rings. The Labute approximate surface area is 206 Å². The Hall–Kier alpha value is -4.02. The molecule has 1 aromatic heterocycles. The molecule has 1 heterocycles. The summed E-state index contributed by atoms with van der Waals surface area (Å²) in [4.78, 5) is 13.6. The van der Waals surface area contributed by atoms with E-state index in [1.807, 2.05) is 49.3 Å². The molecule has 4 rings (SSSR count). The summed E-state index contributed by atoms with van der Waals surface area (Å²) >= 11 is 1.42. The third-order valence-corrected chi connectivity index (χ3v) is 7.45. The fourth-order valence-electron chi connectivity index (χ4n) is 3.20. The molecular formula is C25H22N4O4S2. The highest BCUT2D eigenvalue weighted by Crippen LogP contribution is 2.30. The van der Waals surface area contributed by atoms with Crippen LogP contribution in [0.5, 0.6) is 0 Å². The van der Waals surface area contributed by atoms with Gasteiger partial charge in [0, 0.05) is 41.1 Å². The van der Waals surface area contributed by atoms with Crippen molar-refractivity contribution in [3.63, 3.8) is 0 Å². The highest BCUT2D eigenvalue weighted by Gasteiger charge is 2.15. The topological polar surface area (TPSA) is 111 Å². The number of hydrogen-bond acceptors (Lipinski definition) is 7. The summed E-state index contributed by atoms with van der Waals surface area (Å²) in [5, 5.41) is 18.0. The van der Waals surface area contributed by atoms with Gasteiger partial charge in [-0.3, -0.25) is 4.72 Å². The number of thiophene rings is 1. The zero-order valence-corrected chi connectivity index (χ0v) is 20.5. The second kappa shape index (κ2) is 10.1. The number of nitrogens with one attached hydrogen (secondary N) is 1. The van der Waals surface area contributed by atoms with Gasteiger partial charge in [-0.1, -0.05) is 0 Å². The molecule has 35 heavy (non-hydrogen) atoms. The molecule has 0 aliphatic heterocycles. The first-order valence-corrected chi connectivity index (χ1v) is 12.8. The lowest BCUT2D eigenvalue weighted by atomic mass is 10.2. The van der Waals surface area contributed by atoms with Gasteiger partial charge < -0.3 is 10.0 Å². The maximum absolute atomic E-state index is 12.9. The molecule has 0 spiro atoms. The zero-order chi connectivity index (χ0) is 25.0. The van der Waals surface area contributed by atoms with Crippen molar-refractivity contribution in [2.75, 3.05) is 23.7 Å². The molecule has 0 amide bonds. The molecule has 10 heteroatoms. The summed E-state index contributed by atoms with van der Waals surface area (Å²) in [5.41, 5.74) is 2.69. The zero-order valence-electron chi connectivity index (χ0n) is 18.9. The fraction of sp³-hybridized carbons (Fsp3) is 0.0800. The first kappa shape index (κ1) is 24.1. The summed E-state index contributed by atoms with van der Waals surface area (Å²) in [6, 6.07) is 20.7. The van der Waals surface area contributed by atoms with Crippen LogP contribution in [0.15, 0.2) is 94.0 Å². The second-order valence-corrected chi connectivity index (χ2v) is 10.6. The number of nitrogens with zero attached hydrogens (tertiary/aromatic N) is 3. The molecule has 0 saturated heterocycles.